The Morgan fingerprint density at radius 3 is 2.50 bits per heavy atom. The van der Waals surface area contributed by atoms with Crippen LogP contribution in [-0.4, -0.2) is 31.1 Å². The Labute approximate surface area is 102 Å². The van der Waals surface area contributed by atoms with E-state index in [-0.39, 0.29) is 46.2 Å². The molecule has 1 unspecified atom stereocenters. The van der Waals surface area contributed by atoms with Crippen molar-refractivity contribution in [2.24, 2.45) is 5.92 Å². The number of hydrogen-bond donors (Lipinski definition) is 0. The zero-order chi connectivity index (χ0) is 7.56. The maximum Gasteiger partial charge on any atom is 0 e. The molecule has 1 aliphatic rings. The second kappa shape index (κ2) is 7.43. The Hall–Kier alpha value is 1.02. The molecular weight excluding hydrogens is 225 g/mol. The third-order valence-corrected chi connectivity index (χ3v) is 2.48. The Morgan fingerprint density at radius 2 is 2.08 bits per heavy atom. The van der Waals surface area contributed by atoms with Crippen LogP contribution in [-0.2, 0) is 32.7 Å². The van der Waals surface area contributed by atoms with Crippen molar-refractivity contribution in [1.29, 1.82) is 0 Å². The number of nitrogens with zero attached hydrogens (tertiary/aromatic N) is 1. The third kappa shape index (κ3) is 4.31. The molecule has 1 radical (unpaired) electrons. The fraction of sp³-hybridized carbons (Fsp3) is 0.889. The monoisotopic (exact) mass is 245 g/mol. The zero-order valence-electron chi connectivity index (χ0n) is 8.51. The first-order valence-corrected chi connectivity index (χ1v) is 4.13. The van der Waals surface area contributed by atoms with E-state index >= 15 is 0 Å². The quantitative estimate of drug-likeness (QED) is 0.651. The second-order valence-corrected chi connectivity index (χ2v) is 3.33. The van der Waals surface area contributed by atoms with Crippen molar-refractivity contribution in [3.63, 3.8) is 0 Å². The molecule has 0 aromatic carbocycles. The summed E-state index contributed by atoms with van der Waals surface area (Å²) in [6.07, 6.45) is 2.41. The standard InChI is InChI=1S/C8H17N2.CH3.Y/c1-3-7-4-5-10(2)6-8(7)9;;/h7-9H,3-6H2,1-2H3;1H3;/q2*-1;/t7?,8-;;/m1../s1. The molecule has 1 heterocycles. The maximum atomic E-state index is 7.72. The van der Waals surface area contributed by atoms with Gasteiger partial charge in [-0.2, -0.15) is 0 Å². The molecular formula is C9H20N2Y-2. The van der Waals surface area contributed by atoms with E-state index in [9.17, 15) is 0 Å². The molecule has 12 heavy (non-hydrogen) atoms. The molecule has 0 bridgehead atoms. The molecule has 0 spiro atoms. The van der Waals surface area contributed by atoms with Crippen molar-refractivity contribution in [2.75, 3.05) is 20.1 Å². The van der Waals surface area contributed by atoms with E-state index in [0.29, 0.717) is 5.92 Å². The van der Waals surface area contributed by atoms with E-state index in [1.54, 1.807) is 0 Å². The van der Waals surface area contributed by atoms with Crippen molar-refractivity contribution in [2.45, 2.75) is 25.8 Å². The molecule has 1 fully saturated rings. The summed E-state index contributed by atoms with van der Waals surface area (Å²) < 4.78 is 0. The molecule has 71 valence electrons. The average molecular weight is 245 g/mol. The number of rotatable bonds is 1. The van der Waals surface area contributed by atoms with Crippen molar-refractivity contribution in [1.82, 2.24) is 4.90 Å². The first-order valence-electron chi connectivity index (χ1n) is 4.13. The fourth-order valence-electron chi connectivity index (χ4n) is 1.65. The Balaban J connectivity index is 0. The van der Waals surface area contributed by atoms with Gasteiger partial charge in [0.25, 0.3) is 0 Å². The molecule has 1 saturated heterocycles. The van der Waals surface area contributed by atoms with Crippen LogP contribution in [0.3, 0.4) is 0 Å². The van der Waals surface area contributed by atoms with E-state index in [4.69, 9.17) is 5.73 Å². The number of likely N-dealkylation sites (tertiary alicyclic amines) is 1. The normalized spacial score (nSPS) is 30.2. The van der Waals surface area contributed by atoms with Gasteiger partial charge in [0.2, 0.25) is 0 Å². The summed E-state index contributed by atoms with van der Waals surface area (Å²) in [4.78, 5) is 2.25. The predicted molar refractivity (Wildman–Crippen MR) is 50.4 cm³/mol. The smallest absolute Gasteiger partial charge is 0 e. The molecule has 3 heteroatoms. The molecule has 0 aliphatic carbocycles. The van der Waals surface area contributed by atoms with Crippen LogP contribution >= 0.6 is 0 Å². The van der Waals surface area contributed by atoms with Crippen LogP contribution in [0.15, 0.2) is 0 Å². The van der Waals surface area contributed by atoms with Gasteiger partial charge in [0, 0.05) is 32.7 Å². The van der Waals surface area contributed by atoms with Crippen LogP contribution in [0.5, 0.6) is 0 Å². The minimum absolute atomic E-state index is 0. The SMILES string of the molecule is CCC1CCN(C)C[C@H]1[NH-].[CH3-].[Y]. The van der Waals surface area contributed by atoms with E-state index in [1.807, 2.05) is 0 Å². The first kappa shape index (κ1) is 15.5. The summed E-state index contributed by atoms with van der Waals surface area (Å²) in [6.45, 7) is 4.35. The van der Waals surface area contributed by atoms with Crippen molar-refractivity contribution in [3.05, 3.63) is 13.2 Å². The van der Waals surface area contributed by atoms with Gasteiger partial charge in [0.05, 0.1) is 0 Å². The molecule has 0 aromatic rings. The van der Waals surface area contributed by atoms with Crippen LogP contribution in [0.1, 0.15) is 19.8 Å². The number of hydrogen-bond acceptors (Lipinski definition) is 1. The largest absolute Gasteiger partial charge is 0.673 e. The van der Waals surface area contributed by atoms with Crippen molar-refractivity contribution < 1.29 is 32.7 Å². The molecule has 0 aromatic heterocycles. The average Bonchev–Trinajstić information content (AvgIpc) is 1.88. The van der Waals surface area contributed by atoms with Gasteiger partial charge in [0.15, 0.2) is 0 Å². The maximum absolute atomic E-state index is 7.72. The Bertz CT molecular complexity index is 109. The van der Waals surface area contributed by atoms with E-state index in [2.05, 4.69) is 18.9 Å². The molecule has 1 N–H and O–H groups in total. The van der Waals surface area contributed by atoms with Gasteiger partial charge in [0.1, 0.15) is 0 Å². The number of nitrogens with one attached hydrogen (secondary N) is 1. The summed E-state index contributed by atoms with van der Waals surface area (Å²) in [5.41, 5.74) is 7.72. The molecule has 2 atom stereocenters. The summed E-state index contributed by atoms with van der Waals surface area (Å²) in [7, 11) is 2.10. The van der Waals surface area contributed by atoms with Gasteiger partial charge in [-0.25, -0.2) is 0 Å². The fourth-order valence-corrected chi connectivity index (χ4v) is 1.65. The van der Waals surface area contributed by atoms with Gasteiger partial charge in [-0.05, 0) is 26.6 Å². The minimum atomic E-state index is 0. The Morgan fingerprint density at radius 1 is 1.50 bits per heavy atom. The number of piperidine rings is 1. The summed E-state index contributed by atoms with van der Waals surface area (Å²) in [5.74, 6) is 0.663. The second-order valence-electron chi connectivity index (χ2n) is 3.33. The van der Waals surface area contributed by atoms with Gasteiger partial charge < -0.3 is 18.1 Å². The van der Waals surface area contributed by atoms with E-state index in [1.165, 1.54) is 19.4 Å². The summed E-state index contributed by atoms with van der Waals surface area (Å²) in [5, 5.41) is 0. The summed E-state index contributed by atoms with van der Waals surface area (Å²) in [6, 6.07) is 0.170. The van der Waals surface area contributed by atoms with E-state index in [0.717, 1.165) is 6.54 Å². The van der Waals surface area contributed by atoms with Crippen molar-refractivity contribution in [3.8, 4) is 0 Å². The van der Waals surface area contributed by atoms with Crippen LogP contribution in [0.25, 0.3) is 5.73 Å². The van der Waals surface area contributed by atoms with Crippen molar-refractivity contribution >= 4 is 0 Å². The van der Waals surface area contributed by atoms with E-state index < -0.39 is 0 Å². The Kier molecular flexibility index (Phi) is 9.59. The predicted octanol–water partition coefficient (Wildman–Crippen LogP) is 2.22. The number of likely N-dealkylation sites (N-methyl/N-ethyl adjacent to an activating group) is 1. The first-order chi connectivity index (χ1) is 4.74. The third-order valence-electron chi connectivity index (χ3n) is 2.48. The summed E-state index contributed by atoms with van der Waals surface area (Å²) >= 11 is 0. The van der Waals surface area contributed by atoms with Crippen LogP contribution in [0.4, 0.5) is 0 Å². The topological polar surface area (TPSA) is 27.0 Å². The minimum Gasteiger partial charge on any atom is -0.673 e. The van der Waals surface area contributed by atoms with Crippen LogP contribution in [0.2, 0.25) is 0 Å². The molecule has 1 aliphatic heterocycles. The molecule has 1 rings (SSSR count). The van der Waals surface area contributed by atoms with Gasteiger partial charge in [-0.3, -0.25) is 0 Å². The van der Waals surface area contributed by atoms with Crippen LogP contribution < -0.4 is 0 Å². The van der Waals surface area contributed by atoms with Crippen LogP contribution in [0, 0.1) is 13.3 Å². The van der Waals surface area contributed by atoms with Gasteiger partial charge in [-0.15, -0.1) is 6.04 Å². The van der Waals surface area contributed by atoms with Gasteiger partial charge in [-0.1, -0.05) is 19.3 Å². The molecule has 0 saturated carbocycles. The molecule has 2 nitrogen and oxygen atoms in total. The zero-order valence-corrected chi connectivity index (χ0v) is 11.3. The van der Waals surface area contributed by atoms with Gasteiger partial charge >= 0.3 is 0 Å². The molecule has 0 amide bonds.